The van der Waals surface area contributed by atoms with Gasteiger partial charge in [-0.1, -0.05) is 0 Å². The number of hydrogen-bond acceptors (Lipinski definition) is 2. The molecule has 0 aliphatic carbocycles. The first-order valence-corrected chi connectivity index (χ1v) is 4.40. The van der Waals surface area contributed by atoms with E-state index in [0.29, 0.717) is 0 Å². The highest BCUT2D eigenvalue weighted by Crippen LogP contribution is 2.17. The van der Waals surface area contributed by atoms with Gasteiger partial charge in [-0.15, -0.1) is 0 Å². The summed E-state index contributed by atoms with van der Waals surface area (Å²) in [6.07, 6.45) is -0.827. The van der Waals surface area contributed by atoms with Crippen LogP contribution in [0.2, 0.25) is 0 Å². The second kappa shape index (κ2) is 4.11. The van der Waals surface area contributed by atoms with Crippen LogP contribution in [-0.4, -0.2) is 23.7 Å². The Morgan fingerprint density at radius 3 is 2.00 bits per heavy atom. The molecule has 1 atom stereocenters. The largest absolute Gasteiger partial charge is 0.444 e. The summed E-state index contributed by atoms with van der Waals surface area (Å²) in [6.45, 7) is 6.98. The average Bonchev–Trinajstić information content (AvgIpc) is 1.79. The second-order valence-corrected chi connectivity index (χ2v) is 4.32. The third-order valence-electron chi connectivity index (χ3n) is 1.49. The van der Waals surface area contributed by atoms with Crippen LogP contribution in [-0.2, 0) is 4.74 Å². The van der Waals surface area contributed by atoms with Crippen molar-refractivity contribution in [2.75, 3.05) is 0 Å². The summed E-state index contributed by atoms with van der Waals surface area (Å²) in [6, 6.07) is -1.24. The lowest BCUT2D eigenvalue weighted by atomic mass is 10.2. The molecule has 14 heavy (non-hydrogen) atoms. The maximum absolute atomic E-state index is 12.6. The minimum Gasteiger partial charge on any atom is -0.444 e. The Labute approximate surface area is 82.8 Å². The number of carbonyl (C=O) groups is 1. The Balaban J connectivity index is 4.09. The minimum atomic E-state index is -2.95. The summed E-state index contributed by atoms with van der Waals surface area (Å²) in [4.78, 5) is 11.0. The van der Waals surface area contributed by atoms with Crippen molar-refractivity contribution in [3.8, 4) is 0 Å². The van der Waals surface area contributed by atoms with Crippen LogP contribution in [0.5, 0.6) is 0 Å². The van der Waals surface area contributed by atoms with Crippen LogP contribution in [0.25, 0.3) is 0 Å². The van der Waals surface area contributed by atoms with Crippen molar-refractivity contribution in [1.82, 2.24) is 5.32 Å². The number of alkyl carbamates (subject to hydrolysis) is 1. The number of carbonyl (C=O) groups excluding carboxylic acids is 1. The van der Waals surface area contributed by atoms with Gasteiger partial charge < -0.3 is 10.1 Å². The molecule has 0 bridgehead atoms. The maximum Gasteiger partial charge on any atom is 0.408 e. The van der Waals surface area contributed by atoms with Crippen LogP contribution in [0.1, 0.15) is 34.6 Å². The lowest BCUT2D eigenvalue weighted by Crippen LogP contribution is -2.45. The monoisotopic (exact) mass is 209 g/mol. The van der Waals surface area contributed by atoms with E-state index in [1.807, 2.05) is 0 Å². The maximum atomic E-state index is 12.6. The molecule has 0 fully saturated rings. The van der Waals surface area contributed by atoms with Crippen molar-refractivity contribution >= 4 is 6.09 Å². The molecule has 84 valence electrons. The summed E-state index contributed by atoms with van der Waals surface area (Å²) in [7, 11) is 0. The summed E-state index contributed by atoms with van der Waals surface area (Å²) < 4.78 is 30.1. The predicted octanol–water partition coefficient (Wildman–Crippen LogP) is 2.55. The first kappa shape index (κ1) is 13.1. The summed E-state index contributed by atoms with van der Waals surface area (Å²) >= 11 is 0. The quantitative estimate of drug-likeness (QED) is 0.759. The summed E-state index contributed by atoms with van der Waals surface area (Å²) in [5.41, 5.74) is -0.674. The van der Waals surface area contributed by atoms with Gasteiger partial charge >= 0.3 is 6.09 Å². The van der Waals surface area contributed by atoms with Gasteiger partial charge in [0.05, 0.1) is 6.04 Å². The van der Waals surface area contributed by atoms with Gasteiger partial charge in [0.25, 0.3) is 5.92 Å². The summed E-state index contributed by atoms with van der Waals surface area (Å²) in [5, 5.41) is 2.07. The zero-order chi connectivity index (χ0) is 11.6. The number of nitrogens with one attached hydrogen (secondary N) is 1. The van der Waals surface area contributed by atoms with Gasteiger partial charge in [-0.25, -0.2) is 13.6 Å². The molecule has 5 heteroatoms. The highest BCUT2D eigenvalue weighted by Gasteiger charge is 2.32. The molecule has 1 unspecified atom stereocenters. The zero-order valence-corrected chi connectivity index (χ0v) is 9.15. The molecule has 1 amide bonds. The van der Waals surface area contributed by atoms with Crippen LogP contribution in [0.15, 0.2) is 0 Å². The molecule has 0 heterocycles. The van der Waals surface area contributed by atoms with Crippen molar-refractivity contribution in [3.05, 3.63) is 0 Å². The Morgan fingerprint density at radius 2 is 1.71 bits per heavy atom. The first-order valence-electron chi connectivity index (χ1n) is 4.40. The molecule has 0 saturated heterocycles. The lowest BCUT2D eigenvalue weighted by Gasteiger charge is -2.24. The highest BCUT2D eigenvalue weighted by atomic mass is 19.3. The second-order valence-electron chi connectivity index (χ2n) is 4.32. The Kier molecular flexibility index (Phi) is 3.85. The van der Waals surface area contributed by atoms with E-state index in [2.05, 4.69) is 5.32 Å². The fourth-order valence-corrected chi connectivity index (χ4v) is 0.611. The number of hydrogen-bond donors (Lipinski definition) is 1. The van der Waals surface area contributed by atoms with E-state index in [1.165, 1.54) is 6.92 Å². The van der Waals surface area contributed by atoms with E-state index < -0.39 is 23.7 Å². The molecule has 3 nitrogen and oxygen atoms in total. The smallest absolute Gasteiger partial charge is 0.408 e. The van der Waals surface area contributed by atoms with Crippen LogP contribution < -0.4 is 5.32 Å². The van der Waals surface area contributed by atoms with Gasteiger partial charge in [0, 0.05) is 6.92 Å². The molecule has 0 spiro atoms. The van der Waals surface area contributed by atoms with E-state index in [9.17, 15) is 13.6 Å². The van der Waals surface area contributed by atoms with Gasteiger partial charge in [0.15, 0.2) is 0 Å². The van der Waals surface area contributed by atoms with E-state index >= 15 is 0 Å². The SMILES string of the molecule is CC(NC(=O)OC(C)(C)C)C(C)(F)F. The van der Waals surface area contributed by atoms with Crippen molar-refractivity contribution in [3.63, 3.8) is 0 Å². The number of ether oxygens (including phenoxy) is 1. The molecule has 0 aliphatic heterocycles. The molecule has 0 saturated carbocycles. The van der Waals surface area contributed by atoms with Gasteiger partial charge in [0.2, 0.25) is 0 Å². The fourth-order valence-electron chi connectivity index (χ4n) is 0.611. The Bertz CT molecular complexity index is 206. The lowest BCUT2D eigenvalue weighted by molar-refractivity contribution is -0.0186. The molecular formula is C9H17F2NO2. The third kappa shape index (κ3) is 5.72. The highest BCUT2D eigenvalue weighted by molar-refractivity contribution is 5.68. The molecule has 0 aromatic heterocycles. The normalized spacial score (nSPS) is 14.8. The van der Waals surface area contributed by atoms with Gasteiger partial charge in [-0.3, -0.25) is 0 Å². The number of rotatable bonds is 2. The van der Waals surface area contributed by atoms with Crippen LogP contribution in [0, 0.1) is 0 Å². The number of alkyl halides is 2. The number of amides is 1. The standard InChI is InChI=1S/C9H17F2NO2/c1-6(9(5,10)11)12-7(13)14-8(2,3)4/h6H,1-5H3,(H,12,13). The van der Waals surface area contributed by atoms with Gasteiger partial charge in [-0.05, 0) is 27.7 Å². The van der Waals surface area contributed by atoms with Crippen molar-refractivity contribution in [2.45, 2.75) is 52.2 Å². The van der Waals surface area contributed by atoms with Crippen molar-refractivity contribution in [2.24, 2.45) is 0 Å². The molecule has 0 aliphatic rings. The van der Waals surface area contributed by atoms with E-state index in [1.54, 1.807) is 20.8 Å². The third-order valence-corrected chi connectivity index (χ3v) is 1.49. The van der Waals surface area contributed by atoms with E-state index in [0.717, 1.165) is 6.92 Å². The Morgan fingerprint density at radius 1 is 1.29 bits per heavy atom. The topological polar surface area (TPSA) is 38.3 Å². The first-order chi connectivity index (χ1) is 6.02. The van der Waals surface area contributed by atoms with Crippen molar-refractivity contribution < 1.29 is 18.3 Å². The molecule has 0 radical (unpaired) electrons. The zero-order valence-electron chi connectivity index (χ0n) is 9.15. The molecular weight excluding hydrogens is 192 g/mol. The van der Waals surface area contributed by atoms with E-state index in [4.69, 9.17) is 4.74 Å². The van der Waals surface area contributed by atoms with Gasteiger partial charge in [0.1, 0.15) is 5.60 Å². The van der Waals surface area contributed by atoms with Crippen LogP contribution in [0.4, 0.5) is 13.6 Å². The molecule has 0 aromatic carbocycles. The van der Waals surface area contributed by atoms with Crippen molar-refractivity contribution in [1.29, 1.82) is 0 Å². The summed E-state index contributed by atoms with van der Waals surface area (Å²) in [5.74, 6) is -2.95. The minimum absolute atomic E-state index is 0.674. The predicted molar refractivity (Wildman–Crippen MR) is 49.5 cm³/mol. The molecule has 0 aromatic rings. The Hall–Kier alpha value is -0.870. The number of halogens is 2. The van der Waals surface area contributed by atoms with Crippen LogP contribution >= 0.6 is 0 Å². The molecule has 1 N–H and O–H groups in total. The molecule has 0 rings (SSSR count). The van der Waals surface area contributed by atoms with Gasteiger partial charge in [-0.2, -0.15) is 0 Å². The fraction of sp³-hybridized carbons (Fsp3) is 0.889. The average molecular weight is 209 g/mol. The van der Waals surface area contributed by atoms with Crippen LogP contribution in [0.3, 0.4) is 0 Å². The van der Waals surface area contributed by atoms with E-state index in [-0.39, 0.29) is 0 Å².